The molecule has 3 aromatic rings. The number of aliphatic imine (C=N–C) groups is 1. The monoisotopic (exact) mass is 273 g/mol. The second-order valence-electron chi connectivity index (χ2n) is 5.14. The van der Waals surface area contributed by atoms with Crippen LogP contribution in [0.4, 0.5) is 17.1 Å². The van der Waals surface area contributed by atoms with E-state index < -0.39 is 0 Å². The summed E-state index contributed by atoms with van der Waals surface area (Å²) in [4.78, 5) is 6.87. The van der Waals surface area contributed by atoms with Gasteiger partial charge in [0.05, 0.1) is 11.4 Å². The lowest BCUT2D eigenvalue weighted by molar-refractivity contribution is 1.23. The molecular weight excluding hydrogens is 258 g/mol. The molecule has 0 radical (unpaired) electrons. The number of hydrogen-bond acceptors (Lipinski definition) is 3. The molecule has 4 rings (SSSR count). The Balaban J connectivity index is 1.84. The van der Waals surface area contributed by atoms with Crippen molar-refractivity contribution in [2.75, 3.05) is 17.3 Å². The molecule has 0 spiro atoms. The van der Waals surface area contributed by atoms with Crippen molar-refractivity contribution in [3.8, 4) is 0 Å². The van der Waals surface area contributed by atoms with E-state index in [2.05, 4.69) is 46.6 Å². The molecular formula is C18H15N3. The van der Waals surface area contributed by atoms with Gasteiger partial charge in [0.15, 0.2) is 0 Å². The Kier molecular flexibility index (Phi) is 2.64. The SMILES string of the molecule is CN1C(Nc2ccccc2)=Nc2cccc3cccc1c23. The van der Waals surface area contributed by atoms with Crippen LogP contribution in [-0.2, 0) is 0 Å². The lowest BCUT2D eigenvalue weighted by Crippen LogP contribution is -2.34. The zero-order valence-electron chi connectivity index (χ0n) is 11.7. The molecule has 102 valence electrons. The largest absolute Gasteiger partial charge is 0.326 e. The molecule has 21 heavy (non-hydrogen) atoms. The second kappa shape index (κ2) is 4.63. The molecule has 0 fully saturated rings. The van der Waals surface area contributed by atoms with E-state index >= 15 is 0 Å². The zero-order valence-corrected chi connectivity index (χ0v) is 11.7. The molecule has 0 saturated heterocycles. The third-order valence-electron chi connectivity index (χ3n) is 3.80. The summed E-state index contributed by atoms with van der Waals surface area (Å²) in [6.07, 6.45) is 0. The maximum atomic E-state index is 4.77. The molecule has 0 amide bonds. The van der Waals surface area contributed by atoms with Gasteiger partial charge in [-0.25, -0.2) is 4.99 Å². The number of anilines is 2. The van der Waals surface area contributed by atoms with Gasteiger partial charge in [0, 0.05) is 18.1 Å². The summed E-state index contributed by atoms with van der Waals surface area (Å²) in [5.41, 5.74) is 3.23. The fourth-order valence-electron chi connectivity index (χ4n) is 2.74. The molecule has 0 aromatic heterocycles. The van der Waals surface area contributed by atoms with Crippen molar-refractivity contribution in [1.29, 1.82) is 0 Å². The van der Waals surface area contributed by atoms with Gasteiger partial charge >= 0.3 is 0 Å². The number of benzene rings is 3. The highest BCUT2D eigenvalue weighted by molar-refractivity contribution is 6.17. The van der Waals surface area contributed by atoms with Crippen LogP contribution in [0.15, 0.2) is 71.7 Å². The van der Waals surface area contributed by atoms with Crippen LogP contribution in [0.5, 0.6) is 0 Å². The Morgan fingerprint density at radius 1 is 0.857 bits per heavy atom. The molecule has 0 aliphatic carbocycles. The number of guanidine groups is 1. The first-order valence-corrected chi connectivity index (χ1v) is 6.99. The van der Waals surface area contributed by atoms with Crippen LogP contribution in [-0.4, -0.2) is 13.0 Å². The normalized spacial score (nSPS) is 13.2. The number of rotatable bonds is 1. The van der Waals surface area contributed by atoms with Crippen molar-refractivity contribution in [2.45, 2.75) is 0 Å². The minimum atomic E-state index is 0.840. The summed E-state index contributed by atoms with van der Waals surface area (Å²) < 4.78 is 0. The maximum Gasteiger partial charge on any atom is 0.208 e. The van der Waals surface area contributed by atoms with Crippen LogP contribution >= 0.6 is 0 Å². The molecule has 0 saturated carbocycles. The Bertz CT molecular complexity index is 832. The lowest BCUT2D eigenvalue weighted by atomic mass is 10.1. The smallest absolute Gasteiger partial charge is 0.208 e. The highest BCUT2D eigenvalue weighted by atomic mass is 15.3. The summed E-state index contributed by atoms with van der Waals surface area (Å²) in [5, 5.41) is 5.82. The minimum Gasteiger partial charge on any atom is -0.326 e. The first kappa shape index (κ1) is 12.0. The van der Waals surface area contributed by atoms with E-state index in [1.165, 1.54) is 16.5 Å². The van der Waals surface area contributed by atoms with Crippen molar-refractivity contribution >= 4 is 33.8 Å². The Morgan fingerprint density at radius 2 is 1.62 bits per heavy atom. The predicted octanol–water partition coefficient (Wildman–Crippen LogP) is 4.39. The van der Waals surface area contributed by atoms with Crippen molar-refractivity contribution in [3.05, 3.63) is 66.7 Å². The number of hydrogen-bond donors (Lipinski definition) is 1. The first-order valence-electron chi connectivity index (χ1n) is 6.99. The molecule has 3 heteroatoms. The average molecular weight is 273 g/mol. The second-order valence-corrected chi connectivity index (χ2v) is 5.14. The van der Waals surface area contributed by atoms with Gasteiger partial charge in [0.2, 0.25) is 5.96 Å². The van der Waals surface area contributed by atoms with Gasteiger partial charge in [-0.2, -0.15) is 0 Å². The summed E-state index contributed by atoms with van der Waals surface area (Å²) in [6.45, 7) is 0. The fraction of sp³-hybridized carbons (Fsp3) is 0.0556. The molecule has 0 atom stereocenters. The van der Waals surface area contributed by atoms with E-state index in [1.54, 1.807) is 0 Å². The standard InChI is InChI=1S/C18H15N3/c1-21-16-12-6-8-13-7-5-11-15(17(13)16)20-18(21)19-14-9-3-2-4-10-14/h2-12H,1H3,(H,19,20). The topological polar surface area (TPSA) is 27.6 Å². The van der Waals surface area contributed by atoms with Crippen LogP contribution in [0.25, 0.3) is 10.8 Å². The van der Waals surface area contributed by atoms with Crippen LogP contribution in [0, 0.1) is 0 Å². The number of nitrogens with zero attached hydrogens (tertiary/aromatic N) is 2. The zero-order chi connectivity index (χ0) is 14.2. The van der Waals surface area contributed by atoms with E-state index in [9.17, 15) is 0 Å². The Labute approximate surface area is 123 Å². The van der Waals surface area contributed by atoms with Crippen LogP contribution < -0.4 is 10.2 Å². The first-order chi connectivity index (χ1) is 10.3. The summed E-state index contributed by atoms with van der Waals surface area (Å²) in [5.74, 6) is 0.840. The minimum absolute atomic E-state index is 0.840. The van der Waals surface area contributed by atoms with E-state index in [0.717, 1.165) is 17.3 Å². The Hall–Kier alpha value is -2.81. The molecule has 1 heterocycles. The quantitative estimate of drug-likeness (QED) is 0.712. The van der Waals surface area contributed by atoms with Crippen molar-refractivity contribution in [1.82, 2.24) is 0 Å². The van der Waals surface area contributed by atoms with Gasteiger partial charge in [-0.05, 0) is 29.7 Å². The summed E-state index contributed by atoms with van der Waals surface area (Å²) in [7, 11) is 2.04. The number of para-hydroxylation sites is 1. The van der Waals surface area contributed by atoms with Crippen molar-refractivity contribution in [2.24, 2.45) is 4.99 Å². The van der Waals surface area contributed by atoms with E-state index in [1.807, 2.05) is 37.4 Å². The molecule has 3 aromatic carbocycles. The number of nitrogens with one attached hydrogen (secondary N) is 1. The third-order valence-corrected chi connectivity index (χ3v) is 3.80. The highest BCUT2D eigenvalue weighted by Crippen LogP contribution is 2.37. The van der Waals surface area contributed by atoms with E-state index in [-0.39, 0.29) is 0 Å². The van der Waals surface area contributed by atoms with Crippen molar-refractivity contribution in [3.63, 3.8) is 0 Å². The molecule has 1 aliphatic heterocycles. The average Bonchev–Trinajstić information content (AvgIpc) is 2.53. The summed E-state index contributed by atoms with van der Waals surface area (Å²) in [6, 6.07) is 22.7. The van der Waals surface area contributed by atoms with Crippen LogP contribution in [0.1, 0.15) is 0 Å². The molecule has 3 nitrogen and oxygen atoms in total. The van der Waals surface area contributed by atoms with Crippen molar-refractivity contribution < 1.29 is 0 Å². The molecule has 0 unspecified atom stereocenters. The third kappa shape index (κ3) is 1.94. The van der Waals surface area contributed by atoms with Gasteiger partial charge in [-0.3, -0.25) is 0 Å². The maximum absolute atomic E-state index is 4.77. The molecule has 1 N–H and O–H groups in total. The van der Waals surface area contributed by atoms with Gasteiger partial charge in [0.25, 0.3) is 0 Å². The van der Waals surface area contributed by atoms with Gasteiger partial charge in [-0.1, -0.05) is 42.5 Å². The van der Waals surface area contributed by atoms with Crippen LogP contribution in [0.2, 0.25) is 0 Å². The van der Waals surface area contributed by atoms with Gasteiger partial charge < -0.3 is 10.2 Å². The molecule has 1 aliphatic rings. The van der Waals surface area contributed by atoms with E-state index in [4.69, 9.17) is 4.99 Å². The lowest BCUT2D eigenvalue weighted by Gasteiger charge is -2.28. The van der Waals surface area contributed by atoms with E-state index in [0.29, 0.717) is 0 Å². The predicted molar refractivity (Wildman–Crippen MR) is 89.5 cm³/mol. The van der Waals surface area contributed by atoms with Crippen LogP contribution in [0.3, 0.4) is 0 Å². The van der Waals surface area contributed by atoms with Gasteiger partial charge in [-0.15, -0.1) is 0 Å². The summed E-state index contributed by atoms with van der Waals surface area (Å²) >= 11 is 0. The highest BCUT2D eigenvalue weighted by Gasteiger charge is 2.19. The van der Waals surface area contributed by atoms with Gasteiger partial charge in [0.1, 0.15) is 0 Å². The fourth-order valence-corrected chi connectivity index (χ4v) is 2.74. The molecule has 0 bridgehead atoms. The Morgan fingerprint density at radius 3 is 2.43 bits per heavy atom.